The lowest BCUT2D eigenvalue weighted by Crippen LogP contribution is -2.03. The SMILES string of the molecule is CC(C)CC(=O)C1CC1. The molecule has 0 spiro atoms. The average molecular weight is 126 g/mol. The van der Waals surface area contributed by atoms with Gasteiger partial charge in [-0.25, -0.2) is 0 Å². The van der Waals surface area contributed by atoms with Crippen LogP contribution < -0.4 is 0 Å². The minimum Gasteiger partial charge on any atom is -0.299 e. The molecule has 0 heterocycles. The van der Waals surface area contributed by atoms with E-state index in [1.165, 1.54) is 0 Å². The summed E-state index contributed by atoms with van der Waals surface area (Å²) in [4.78, 5) is 11.0. The Morgan fingerprint density at radius 2 is 2.11 bits per heavy atom. The van der Waals surface area contributed by atoms with Crippen molar-refractivity contribution in [3.8, 4) is 0 Å². The lowest BCUT2D eigenvalue weighted by atomic mass is 10.0. The molecule has 0 aromatic heterocycles. The van der Waals surface area contributed by atoms with Gasteiger partial charge < -0.3 is 0 Å². The lowest BCUT2D eigenvalue weighted by molar-refractivity contribution is -0.120. The van der Waals surface area contributed by atoms with Gasteiger partial charge in [0.2, 0.25) is 0 Å². The van der Waals surface area contributed by atoms with Crippen LogP contribution >= 0.6 is 0 Å². The first-order valence-electron chi connectivity index (χ1n) is 3.73. The molecule has 0 aromatic rings. The van der Waals surface area contributed by atoms with Crippen LogP contribution in [0, 0.1) is 11.8 Å². The van der Waals surface area contributed by atoms with Gasteiger partial charge in [0.15, 0.2) is 0 Å². The molecule has 0 saturated heterocycles. The normalized spacial score (nSPS) is 18.6. The van der Waals surface area contributed by atoms with Crippen molar-refractivity contribution in [1.82, 2.24) is 0 Å². The molecule has 9 heavy (non-hydrogen) atoms. The minimum absolute atomic E-state index is 0.465. The van der Waals surface area contributed by atoms with E-state index < -0.39 is 0 Å². The standard InChI is InChI=1S/C8H14O/c1-6(2)5-8(9)7-3-4-7/h6-7H,3-5H2,1-2H3. The highest BCUT2D eigenvalue weighted by atomic mass is 16.1. The predicted octanol–water partition coefficient (Wildman–Crippen LogP) is 2.01. The number of hydrogen-bond acceptors (Lipinski definition) is 1. The third-order valence-electron chi connectivity index (χ3n) is 1.64. The molecule has 1 heteroatoms. The molecule has 52 valence electrons. The quantitative estimate of drug-likeness (QED) is 0.565. The van der Waals surface area contributed by atoms with Crippen molar-refractivity contribution in [2.45, 2.75) is 33.1 Å². The minimum atomic E-state index is 0.465. The van der Waals surface area contributed by atoms with Crippen molar-refractivity contribution in [2.75, 3.05) is 0 Å². The van der Waals surface area contributed by atoms with Crippen LogP contribution in [0.5, 0.6) is 0 Å². The van der Waals surface area contributed by atoms with E-state index >= 15 is 0 Å². The first-order valence-corrected chi connectivity index (χ1v) is 3.73. The fraction of sp³-hybridized carbons (Fsp3) is 0.875. The number of Topliss-reactive ketones (excluding diaryl/α,β-unsaturated/α-hetero) is 1. The monoisotopic (exact) mass is 126 g/mol. The highest BCUT2D eigenvalue weighted by Gasteiger charge is 2.29. The van der Waals surface area contributed by atoms with Gasteiger partial charge in [-0.3, -0.25) is 4.79 Å². The molecular formula is C8H14O. The average Bonchev–Trinajstić information content (AvgIpc) is 2.40. The molecule has 0 radical (unpaired) electrons. The van der Waals surface area contributed by atoms with Crippen LogP contribution in [0.3, 0.4) is 0 Å². The Labute approximate surface area is 56.4 Å². The predicted molar refractivity (Wildman–Crippen MR) is 37.2 cm³/mol. The van der Waals surface area contributed by atoms with Crippen molar-refractivity contribution in [2.24, 2.45) is 11.8 Å². The van der Waals surface area contributed by atoms with Gasteiger partial charge in [-0.05, 0) is 18.8 Å². The number of carbonyl (C=O) groups is 1. The molecule has 0 atom stereocenters. The van der Waals surface area contributed by atoms with Crippen LogP contribution in [0.4, 0.5) is 0 Å². The molecule has 1 nitrogen and oxygen atoms in total. The van der Waals surface area contributed by atoms with E-state index in [-0.39, 0.29) is 0 Å². The van der Waals surface area contributed by atoms with Crippen molar-refractivity contribution in [3.63, 3.8) is 0 Å². The third-order valence-corrected chi connectivity index (χ3v) is 1.64. The van der Waals surface area contributed by atoms with Gasteiger partial charge in [-0.15, -0.1) is 0 Å². The zero-order chi connectivity index (χ0) is 6.85. The Morgan fingerprint density at radius 3 is 2.44 bits per heavy atom. The second-order valence-corrected chi connectivity index (χ2v) is 3.34. The molecule has 0 N–H and O–H groups in total. The van der Waals surface area contributed by atoms with E-state index in [0.717, 1.165) is 19.3 Å². The number of hydrogen-bond donors (Lipinski definition) is 0. The third kappa shape index (κ3) is 2.17. The smallest absolute Gasteiger partial charge is 0.136 e. The Bertz CT molecular complexity index is 112. The summed E-state index contributed by atoms with van der Waals surface area (Å²) in [5.74, 6) is 1.51. The second-order valence-electron chi connectivity index (χ2n) is 3.34. The zero-order valence-electron chi connectivity index (χ0n) is 6.18. The van der Waals surface area contributed by atoms with E-state index in [9.17, 15) is 4.79 Å². The van der Waals surface area contributed by atoms with Gasteiger partial charge in [0.1, 0.15) is 5.78 Å². The first-order chi connectivity index (χ1) is 4.20. The number of carbonyl (C=O) groups excluding carboxylic acids is 1. The van der Waals surface area contributed by atoms with Gasteiger partial charge >= 0.3 is 0 Å². The Kier molecular flexibility index (Phi) is 1.89. The van der Waals surface area contributed by atoms with Crippen LogP contribution in [0.1, 0.15) is 33.1 Å². The summed E-state index contributed by atoms with van der Waals surface area (Å²) in [6.45, 7) is 4.20. The fourth-order valence-corrected chi connectivity index (χ4v) is 0.974. The largest absolute Gasteiger partial charge is 0.299 e. The van der Waals surface area contributed by atoms with E-state index in [4.69, 9.17) is 0 Å². The molecule has 1 aliphatic carbocycles. The highest BCUT2D eigenvalue weighted by molar-refractivity contribution is 5.83. The molecule has 0 unspecified atom stereocenters. The maximum absolute atomic E-state index is 11.0. The summed E-state index contributed by atoms with van der Waals surface area (Å²) in [5.41, 5.74) is 0. The lowest BCUT2D eigenvalue weighted by Gasteiger charge is -1.99. The molecular weight excluding hydrogens is 112 g/mol. The molecule has 0 aliphatic heterocycles. The first kappa shape index (κ1) is 6.79. The Balaban J connectivity index is 2.18. The molecule has 0 bridgehead atoms. The van der Waals surface area contributed by atoms with E-state index in [0.29, 0.717) is 17.6 Å². The maximum Gasteiger partial charge on any atom is 0.136 e. The van der Waals surface area contributed by atoms with Gasteiger partial charge in [-0.1, -0.05) is 13.8 Å². The summed E-state index contributed by atoms with van der Waals surface area (Å²) >= 11 is 0. The summed E-state index contributed by atoms with van der Waals surface area (Å²) in [7, 11) is 0. The molecule has 1 saturated carbocycles. The highest BCUT2D eigenvalue weighted by Crippen LogP contribution is 2.31. The van der Waals surface area contributed by atoms with Gasteiger partial charge in [0, 0.05) is 12.3 Å². The molecule has 1 rings (SSSR count). The molecule has 0 amide bonds. The number of ketones is 1. The summed E-state index contributed by atoms with van der Waals surface area (Å²) < 4.78 is 0. The number of rotatable bonds is 3. The van der Waals surface area contributed by atoms with Crippen LogP contribution in [-0.2, 0) is 4.79 Å². The van der Waals surface area contributed by atoms with Crippen LogP contribution in [0.2, 0.25) is 0 Å². The van der Waals surface area contributed by atoms with E-state index in [2.05, 4.69) is 13.8 Å². The van der Waals surface area contributed by atoms with E-state index in [1.807, 2.05) is 0 Å². The summed E-state index contributed by atoms with van der Waals surface area (Å²) in [5, 5.41) is 0. The van der Waals surface area contributed by atoms with Crippen LogP contribution in [0.25, 0.3) is 0 Å². The van der Waals surface area contributed by atoms with Crippen LogP contribution in [-0.4, -0.2) is 5.78 Å². The Hall–Kier alpha value is -0.330. The Morgan fingerprint density at radius 1 is 1.56 bits per heavy atom. The topological polar surface area (TPSA) is 17.1 Å². The molecule has 1 aliphatic rings. The van der Waals surface area contributed by atoms with E-state index in [1.54, 1.807) is 0 Å². The van der Waals surface area contributed by atoms with Crippen molar-refractivity contribution >= 4 is 5.78 Å². The fourth-order valence-electron chi connectivity index (χ4n) is 0.974. The van der Waals surface area contributed by atoms with Crippen molar-refractivity contribution in [1.29, 1.82) is 0 Å². The molecule has 0 aromatic carbocycles. The maximum atomic E-state index is 11.0. The second kappa shape index (κ2) is 2.51. The molecule has 1 fully saturated rings. The summed E-state index contributed by atoms with van der Waals surface area (Å²) in [6, 6.07) is 0. The summed E-state index contributed by atoms with van der Waals surface area (Å²) in [6.07, 6.45) is 3.11. The van der Waals surface area contributed by atoms with Gasteiger partial charge in [-0.2, -0.15) is 0 Å². The van der Waals surface area contributed by atoms with Gasteiger partial charge in [0.25, 0.3) is 0 Å². The van der Waals surface area contributed by atoms with Crippen molar-refractivity contribution in [3.05, 3.63) is 0 Å². The van der Waals surface area contributed by atoms with Crippen LogP contribution in [0.15, 0.2) is 0 Å². The van der Waals surface area contributed by atoms with Crippen molar-refractivity contribution < 1.29 is 4.79 Å². The van der Waals surface area contributed by atoms with Gasteiger partial charge in [0.05, 0.1) is 0 Å². The zero-order valence-corrected chi connectivity index (χ0v) is 6.18.